The number of thiophene rings is 1. The second-order valence-electron chi connectivity index (χ2n) is 10.1. The number of piperidine rings is 1. The molecule has 0 saturated carbocycles. The van der Waals surface area contributed by atoms with Crippen LogP contribution in [0.2, 0.25) is 0 Å². The average Bonchev–Trinajstić information content (AvgIpc) is 3.30. The molecule has 6 rings (SSSR count). The van der Waals surface area contributed by atoms with Gasteiger partial charge < -0.3 is 9.64 Å². The number of pyridine rings is 1. The van der Waals surface area contributed by atoms with Crippen molar-refractivity contribution in [3.05, 3.63) is 47.5 Å². The van der Waals surface area contributed by atoms with Crippen molar-refractivity contribution in [2.45, 2.75) is 45.2 Å². The van der Waals surface area contributed by atoms with E-state index in [0.717, 1.165) is 77.7 Å². The van der Waals surface area contributed by atoms with Gasteiger partial charge >= 0.3 is 0 Å². The smallest absolute Gasteiger partial charge is 0.164 e. The van der Waals surface area contributed by atoms with Crippen molar-refractivity contribution in [1.29, 1.82) is 0 Å². The first kappa shape index (κ1) is 22.8. The molecule has 0 spiro atoms. The molecule has 35 heavy (non-hydrogen) atoms. The standard InChI is InChI=1S/C27H32N6OS/c1-27(2)9-5-6-10-33(27)29-18-21-16-22-25(32-11-13-34-14-12-32)30-24(31-26(22)35-21)20-15-19-7-3-4-8-23(19)28-17-20/h3-4,7-8,15-17,29H,5-6,9-14,18H2,1-2H3. The van der Waals surface area contributed by atoms with Gasteiger partial charge in [0, 0.05) is 53.7 Å². The molecule has 7 nitrogen and oxygen atoms in total. The number of fused-ring (bicyclic) bond motifs is 2. The van der Waals surface area contributed by atoms with E-state index in [1.54, 1.807) is 11.3 Å². The first-order chi connectivity index (χ1) is 17.1. The minimum Gasteiger partial charge on any atom is -0.378 e. The summed E-state index contributed by atoms with van der Waals surface area (Å²) in [4.78, 5) is 19.4. The maximum Gasteiger partial charge on any atom is 0.164 e. The van der Waals surface area contributed by atoms with Crippen LogP contribution in [0.1, 0.15) is 38.0 Å². The Bertz CT molecular complexity index is 1350. The van der Waals surface area contributed by atoms with E-state index in [1.807, 2.05) is 24.4 Å². The molecule has 0 atom stereocenters. The van der Waals surface area contributed by atoms with Crippen LogP contribution in [0.4, 0.5) is 5.82 Å². The number of rotatable bonds is 5. The number of hydrazine groups is 1. The number of ether oxygens (including phenoxy) is 1. The van der Waals surface area contributed by atoms with Crippen LogP contribution in [0.25, 0.3) is 32.5 Å². The predicted octanol–water partition coefficient (Wildman–Crippen LogP) is 5.01. The third kappa shape index (κ3) is 4.63. The summed E-state index contributed by atoms with van der Waals surface area (Å²) in [7, 11) is 0. The van der Waals surface area contributed by atoms with E-state index in [1.165, 1.54) is 24.1 Å². The molecule has 0 amide bonds. The quantitative estimate of drug-likeness (QED) is 0.423. The van der Waals surface area contributed by atoms with Crippen LogP contribution in [-0.4, -0.2) is 58.3 Å². The van der Waals surface area contributed by atoms with E-state index >= 15 is 0 Å². The number of aromatic nitrogens is 3. The van der Waals surface area contributed by atoms with Gasteiger partial charge in [-0.3, -0.25) is 4.98 Å². The molecule has 8 heteroatoms. The zero-order chi connectivity index (χ0) is 23.8. The van der Waals surface area contributed by atoms with Gasteiger partial charge in [0.25, 0.3) is 0 Å². The second-order valence-corrected chi connectivity index (χ2v) is 11.2. The summed E-state index contributed by atoms with van der Waals surface area (Å²) in [5, 5.41) is 4.65. The van der Waals surface area contributed by atoms with Gasteiger partial charge in [-0.2, -0.15) is 0 Å². The lowest BCUT2D eigenvalue weighted by molar-refractivity contribution is 0.0223. The Hall–Kier alpha value is -2.65. The molecule has 2 saturated heterocycles. The number of benzene rings is 1. The lowest BCUT2D eigenvalue weighted by Gasteiger charge is -2.42. The molecular formula is C27H32N6OS. The van der Waals surface area contributed by atoms with Gasteiger partial charge in [0.2, 0.25) is 0 Å². The average molecular weight is 489 g/mol. The lowest BCUT2D eigenvalue weighted by Crippen LogP contribution is -2.54. The summed E-state index contributed by atoms with van der Waals surface area (Å²) < 4.78 is 5.62. The van der Waals surface area contributed by atoms with Crippen LogP contribution in [0.15, 0.2) is 42.6 Å². The van der Waals surface area contributed by atoms with Gasteiger partial charge in [0.15, 0.2) is 5.82 Å². The topological polar surface area (TPSA) is 66.4 Å². The first-order valence-corrected chi connectivity index (χ1v) is 13.4. The monoisotopic (exact) mass is 488 g/mol. The number of nitrogens with one attached hydrogen (secondary N) is 1. The molecule has 5 heterocycles. The number of hydrogen-bond acceptors (Lipinski definition) is 8. The molecule has 1 aromatic carbocycles. The van der Waals surface area contributed by atoms with Crippen LogP contribution >= 0.6 is 11.3 Å². The highest BCUT2D eigenvalue weighted by atomic mass is 32.1. The van der Waals surface area contributed by atoms with E-state index in [4.69, 9.17) is 14.7 Å². The maximum absolute atomic E-state index is 5.62. The van der Waals surface area contributed by atoms with Gasteiger partial charge in [0.05, 0.1) is 24.1 Å². The molecule has 1 N–H and O–H groups in total. The molecule has 2 fully saturated rings. The van der Waals surface area contributed by atoms with E-state index < -0.39 is 0 Å². The van der Waals surface area contributed by atoms with E-state index in [-0.39, 0.29) is 5.54 Å². The van der Waals surface area contributed by atoms with Crippen molar-refractivity contribution < 1.29 is 4.74 Å². The Morgan fingerprint density at radius 1 is 1.06 bits per heavy atom. The Morgan fingerprint density at radius 3 is 2.77 bits per heavy atom. The van der Waals surface area contributed by atoms with Gasteiger partial charge in [-0.15, -0.1) is 11.3 Å². The highest BCUT2D eigenvalue weighted by Crippen LogP contribution is 2.34. The fourth-order valence-electron chi connectivity index (χ4n) is 5.11. The molecule has 2 aliphatic rings. The van der Waals surface area contributed by atoms with Crippen molar-refractivity contribution in [3.8, 4) is 11.4 Å². The lowest BCUT2D eigenvalue weighted by atomic mass is 9.92. The van der Waals surface area contributed by atoms with Crippen molar-refractivity contribution in [1.82, 2.24) is 25.4 Å². The molecular weight excluding hydrogens is 456 g/mol. The summed E-state index contributed by atoms with van der Waals surface area (Å²) >= 11 is 1.76. The summed E-state index contributed by atoms with van der Waals surface area (Å²) in [6, 6.07) is 12.6. The highest BCUT2D eigenvalue weighted by Gasteiger charge is 2.29. The maximum atomic E-state index is 5.62. The SMILES string of the molecule is CC1(C)CCCCN1NCc1cc2c(N3CCOCC3)nc(-c3cnc4ccccc4c3)nc2s1. The summed E-state index contributed by atoms with van der Waals surface area (Å²) in [6.45, 7) is 9.68. The van der Waals surface area contributed by atoms with E-state index in [0.29, 0.717) is 0 Å². The van der Waals surface area contributed by atoms with E-state index in [9.17, 15) is 0 Å². The summed E-state index contributed by atoms with van der Waals surface area (Å²) in [6.07, 6.45) is 5.67. The largest absolute Gasteiger partial charge is 0.378 e. The van der Waals surface area contributed by atoms with Crippen molar-refractivity contribution in [2.24, 2.45) is 0 Å². The molecule has 0 aliphatic carbocycles. The minimum atomic E-state index is 0.184. The summed E-state index contributed by atoms with van der Waals surface area (Å²) in [5.74, 6) is 1.73. The van der Waals surface area contributed by atoms with Crippen LogP contribution in [0.5, 0.6) is 0 Å². The molecule has 0 bridgehead atoms. The zero-order valence-corrected chi connectivity index (χ0v) is 21.3. The van der Waals surface area contributed by atoms with Gasteiger partial charge in [-0.25, -0.2) is 20.4 Å². The zero-order valence-electron chi connectivity index (χ0n) is 20.5. The fourth-order valence-corrected chi connectivity index (χ4v) is 6.07. The van der Waals surface area contributed by atoms with Crippen molar-refractivity contribution >= 4 is 38.3 Å². The predicted molar refractivity (Wildman–Crippen MR) is 143 cm³/mol. The number of morpholine rings is 1. The van der Waals surface area contributed by atoms with Crippen molar-refractivity contribution in [2.75, 3.05) is 37.7 Å². The fraction of sp³-hybridized carbons (Fsp3) is 0.444. The molecule has 0 unspecified atom stereocenters. The number of hydrogen-bond donors (Lipinski definition) is 1. The first-order valence-electron chi connectivity index (χ1n) is 12.6. The van der Waals surface area contributed by atoms with Gasteiger partial charge in [-0.1, -0.05) is 24.6 Å². The Balaban J connectivity index is 1.36. The third-order valence-electron chi connectivity index (χ3n) is 7.18. The van der Waals surface area contributed by atoms with Crippen LogP contribution in [-0.2, 0) is 11.3 Å². The number of para-hydroxylation sites is 1. The van der Waals surface area contributed by atoms with Crippen molar-refractivity contribution in [3.63, 3.8) is 0 Å². The Labute approximate surface area is 210 Å². The molecule has 182 valence electrons. The molecule has 2 aliphatic heterocycles. The minimum absolute atomic E-state index is 0.184. The molecule has 0 radical (unpaired) electrons. The second kappa shape index (κ2) is 9.43. The third-order valence-corrected chi connectivity index (χ3v) is 8.21. The Kier molecular flexibility index (Phi) is 6.14. The number of anilines is 1. The molecule has 4 aromatic rings. The highest BCUT2D eigenvalue weighted by molar-refractivity contribution is 7.18. The normalized spacial score (nSPS) is 19.0. The van der Waals surface area contributed by atoms with Crippen LogP contribution < -0.4 is 10.3 Å². The van der Waals surface area contributed by atoms with Gasteiger partial charge in [0.1, 0.15) is 10.6 Å². The summed E-state index contributed by atoms with van der Waals surface area (Å²) in [5.41, 5.74) is 5.82. The van der Waals surface area contributed by atoms with Gasteiger partial charge in [-0.05, 0) is 44.9 Å². The van der Waals surface area contributed by atoms with E-state index in [2.05, 4.69) is 52.4 Å². The number of nitrogens with zero attached hydrogens (tertiary/aromatic N) is 5. The molecule has 3 aromatic heterocycles. The van der Waals surface area contributed by atoms with Crippen LogP contribution in [0.3, 0.4) is 0 Å². The van der Waals surface area contributed by atoms with Crippen LogP contribution in [0, 0.1) is 0 Å². The Morgan fingerprint density at radius 2 is 1.91 bits per heavy atom.